The summed E-state index contributed by atoms with van der Waals surface area (Å²) < 4.78 is 4.77. The third-order valence-corrected chi connectivity index (χ3v) is 3.48. The molecule has 0 aromatic heterocycles. The second-order valence-electron chi connectivity index (χ2n) is 4.87. The molecule has 2 rings (SSSR count). The molecule has 3 nitrogen and oxygen atoms in total. The summed E-state index contributed by atoms with van der Waals surface area (Å²) in [6.07, 6.45) is 0. The lowest BCUT2D eigenvalue weighted by Gasteiger charge is -2.13. The fourth-order valence-electron chi connectivity index (χ4n) is 2.23. The predicted octanol–water partition coefficient (Wildman–Crippen LogP) is 3.64. The van der Waals surface area contributed by atoms with Crippen LogP contribution in [0.2, 0.25) is 0 Å². The molecular weight excluding hydrogens is 252 g/mol. The number of methoxy groups -OCH3 is 1. The Labute approximate surface area is 118 Å². The summed E-state index contributed by atoms with van der Waals surface area (Å²) in [4.78, 5) is 11.6. The highest BCUT2D eigenvalue weighted by Crippen LogP contribution is 2.28. The second kappa shape index (κ2) is 5.78. The Hall–Kier alpha value is -2.29. The Morgan fingerprint density at radius 1 is 1.15 bits per heavy atom. The summed E-state index contributed by atoms with van der Waals surface area (Å²) in [5.74, 6) is -0.253. The zero-order chi connectivity index (χ0) is 14.7. The molecule has 1 atom stereocenters. The van der Waals surface area contributed by atoms with Gasteiger partial charge in [-0.1, -0.05) is 30.3 Å². The number of hydrogen-bond donors (Lipinski definition) is 1. The van der Waals surface area contributed by atoms with Crippen molar-refractivity contribution in [3.63, 3.8) is 0 Å². The van der Waals surface area contributed by atoms with Crippen LogP contribution in [0.1, 0.15) is 24.0 Å². The molecule has 0 saturated heterocycles. The van der Waals surface area contributed by atoms with Crippen LogP contribution >= 0.6 is 0 Å². The molecule has 1 unspecified atom stereocenters. The van der Waals surface area contributed by atoms with Gasteiger partial charge in [-0.05, 0) is 48.2 Å². The number of rotatable bonds is 3. The van der Waals surface area contributed by atoms with Crippen molar-refractivity contribution in [2.24, 2.45) is 0 Å². The number of aromatic hydroxyl groups is 1. The van der Waals surface area contributed by atoms with Crippen LogP contribution in [0.3, 0.4) is 0 Å². The van der Waals surface area contributed by atoms with Crippen LogP contribution in [0, 0.1) is 6.92 Å². The van der Waals surface area contributed by atoms with Crippen molar-refractivity contribution in [3.05, 3.63) is 53.6 Å². The molecule has 0 aliphatic heterocycles. The van der Waals surface area contributed by atoms with Gasteiger partial charge in [0.2, 0.25) is 0 Å². The minimum absolute atomic E-state index is 0.234. The third kappa shape index (κ3) is 2.82. The summed E-state index contributed by atoms with van der Waals surface area (Å²) in [7, 11) is 1.40. The molecule has 0 fully saturated rings. The van der Waals surface area contributed by atoms with E-state index in [-0.39, 0.29) is 17.6 Å². The summed E-state index contributed by atoms with van der Waals surface area (Å²) in [6, 6.07) is 13.0. The van der Waals surface area contributed by atoms with E-state index in [0.29, 0.717) is 0 Å². The van der Waals surface area contributed by atoms with E-state index in [9.17, 15) is 9.90 Å². The van der Waals surface area contributed by atoms with Crippen molar-refractivity contribution in [2.45, 2.75) is 19.8 Å². The fourth-order valence-corrected chi connectivity index (χ4v) is 2.23. The number of benzene rings is 2. The van der Waals surface area contributed by atoms with E-state index in [2.05, 4.69) is 0 Å². The highest BCUT2D eigenvalue weighted by molar-refractivity contribution is 5.78. The van der Waals surface area contributed by atoms with Gasteiger partial charge in [0.05, 0.1) is 13.0 Å². The van der Waals surface area contributed by atoms with Crippen molar-refractivity contribution < 1.29 is 14.6 Å². The maximum atomic E-state index is 11.6. The number of ether oxygens (including phenoxy) is 1. The minimum atomic E-state index is -0.271. The Morgan fingerprint density at radius 2 is 1.80 bits per heavy atom. The van der Waals surface area contributed by atoms with Gasteiger partial charge < -0.3 is 9.84 Å². The number of carbonyl (C=O) groups is 1. The average Bonchev–Trinajstić information content (AvgIpc) is 2.46. The number of phenolic OH excluding ortho intramolecular Hbond substituents is 1. The molecule has 0 aliphatic carbocycles. The maximum absolute atomic E-state index is 11.6. The van der Waals surface area contributed by atoms with Crippen LogP contribution in [0.4, 0.5) is 0 Å². The van der Waals surface area contributed by atoms with Crippen LogP contribution in [-0.4, -0.2) is 18.2 Å². The Bertz CT molecular complexity index is 615. The number of phenols is 1. The van der Waals surface area contributed by atoms with Gasteiger partial charge in [0.25, 0.3) is 0 Å². The van der Waals surface area contributed by atoms with E-state index < -0.39 is 0 Å². The lowest BCUT2D eigenvalue weighted by atomic mass is 9.93. The first kappa shape index (κ1) is 14.1. The minimum Gasteiger partial charge on any atom is -0.508 e. The Kier molecular flexibility index (Phi) is 4.08. The standard InChI is InChI=1S/C17H18O3/c1-11-10-14(12(2)17(19)20-3)6-9-16(11)13-4-7-15(18)8-5-13/h4-10,12,18H,1-3H3. The van der Waals surface area contributed by atoms with Gasteiger partial charge in [-0.3, -0.25) is 4.79 Å². The van der Waals surface area contributed by atoms with Gasteiger partial charge in [0, 0.05) is 0 Å². The number of hydrogen-bond acceptors (Lipinski definition) is 3. The number of aryl methyl sites for hydroxylation is 1. The Morgan fingerprint density at radius 3 is 2.35 bits per heavy atom. The van der Waals surface area contributed by atoms with Gasteiger partial charge >= 0.3 is 5.97 Å². The third-order valence-electron chi connectivity index (χ3n) is 3.48. The summed E-state index contributed by atoms with van der Waals surface area (Å²) in [6.45, 7) is 3.84. The molecule has 0 amide bonds. The van der Waals surface area contributed by atoms with Gasteiger partial charge in [-0.25, -0.2) is 0 Å². The Balaban J connectivity index is 2.35. The number of esters is 1. The molecule has 104 valence electrons. The summed E-state index contributed by atoms with van der Waals surface area (Å²) >= 11 is 0. The molecule has 0 radical (unpaired) electrons. The highest BCUT2D eigenvalue weighted by atomic mass is 16.5. The molecule has 20 heavy (non-hydrogen) atoms. The zero-order valence-corrected chi connectivity index (χ0v) is 11.9. The summed E-state index contributed by atoms with van der Waals surface area (Å²) in [5, 5.41) is 9.33. The average molecular weight is 270 g/mol. The quantitative estimate of drug-likeness (QED) is 0.866. The van der Waals surface area contributed by atoms with Crippen LogP contribution in [0.25, 0.3) is 11.1 Å². The van der Waals surface area contributed by atoms with Crippen molar-refractivity contribution >= 4 is 5.97 Å². The normalized spacial score (nSPS) is 11.9. The van der Waals surface area contributed by atoms with Crippen molar-refractivity contribution in [3.8, 4) is 16.9 Å². The molecule has 0 spiro atoms. The maximum Gasteiger partial charge on any atom is 0.312 e. The van der Waals surface area contributed by atoms with Gasteiger partial charge in [0.1, 0.15) is 5.75 Å². The van der Waals surface area contributed by atoms with Crippen LogP contribution < -0.4 is 0 Å². The van der Waals surface area contributed by atoms with Crippen LogP contribution in [0.5, 0.6) is 5.75 Å². The zero-order valence-electron chi connectivity index (χ0n) is 11.9. The van der Waals surface area contributed by atoms with Crippen LogP contribution in [-0.2, 0) is 9.53 Å². The smallest absolute Gasteiger partial charge is 0.312 e. The van der Waals surface area contributed by atoms with Crippen molar-refractivity contribution in [1.82, 2.24) is 0 Å². The van der Waals surface area contributed by atoms with E-state index in [0.717, 1.165) is 22.3 Å². The van der Waals surface area contributed by atoms with Gasteiger partial charge in [-0.15, -0.1) is 0 Å². The van der Waals surface area contributed by atoms with Gasteiger partial charge in [-0.2, -0.15) is 0 Å². The highest BCUT2D eigenvalue weighted by Gasteiger charge is 2.16. The molecular formula is C17H18O3. The first-order chi connectivity index (χ1) is 9.52. The molecule has 2 aromatic carbocycles. The topological polar surface area (TPSA) is 46.5 Å². The van der Waals surface area contributed by atoms with E-state index in [1.54, 1.807) is 12.1 Å². The largest absolute Gasteiger partial charge is 0.508 e. The molecule has 3 heteroatoms. The SMILES string of the molecule is COC(=O)C(C)c1ccc(-c2ccc(O)cc2)c(C)c1. The molecule has 0 aliphatic rings. The molecule has 1 N–H and O–H groups in total. The van der Waals surface area contributed by atoms with E-state index >= 15 is 0 Å². The monoisotopic (exact) mass is 270 g/mol. The predicted molar refractivity (Wildman–Crippen MR) is 78.7 cm³/mol. The van der Waals surface area contributed by atoms with E-state index in [4.69, 9.17) is 4.74 Å². The van der Waals surface area contributed by atoms with Crippen LogP contribution in [0.15, 0.2) is 42.5 Å². The van der Waals surface area contributed by atoms with E-state index in [1.807, 2.05) is 44.2 Å². The first-order valence-electron chi connectivity index (χ1n) is 6.50. The van der Waals surface area contributed by atoms with E-state index in [1.165, 1.54) is 7.11 Å². The lowest BCUT2D eigenvalue weighted by Crippen LogP contribution is -2.10. The summed E-state index contributed by atoms with van der Waals surface area (Å²) in [5.41, 5.74) is 4.16. The lowest BCUT2D eigenvalue weighted by molar-refractivity contribution is -0.141. The molecule has 0 heterocycles. The molecule has 0 saturated carbocycles. The molecule has 0 bridgehead atoms. The molecule has 2 aromatic rings. The number of carbonyl (C=O) groups excluding carboxylic acids is 1. The van der Waals surface area contributed by atoms with Gasteiger partial charge in [0.15, 0.2) is 0 Å². The first-order valence-corrected chi connectivity index (χ1v) is 6.50. The van der Waals surface area contributed by atoms with Crippen molar-refractivity contribution in [1.29, 1.82) is 0 Å². The van der Waals surface area contributed by atoms with Crippen molar-refractivity contribution in [2.75, 3.05) is 7.11 Å². The second-order valence-corrected chi connectivity index (χ2v) is 4.87. The fraction of sp³-hybridized carbons (Fsp3) is 0.235.